The minimum absolute atomic E-state index is 0.0493. The summed E-state index contributed by atoms with van der Waals surface area (Å²) >= 11 is 0. The number of amides is 2. The summed E-state index contributed by atoms with van der Waals surface area (Å²) in [5.41, 5.74) is 1.32. The number of halogens is 1. The first-order valence-corrected chi connectivity index (χ1v) is 8.38. The van der Waals surface area contributed by atoms with Crippen molar-refractivity contribution in [3.05, 3.63) is 63.7 Å². The second-order valence-electron chi connectivity index (χ2n) is 5.15. The fourth-order valence-corrected chi connectivity index (χ4v) is 2.56. The molecule has 0 radical (unpaired) electrons. The van der Waals surface area contributed by atoms with Crippen LogP contribution in [0, 0.1) is 17.0 Å². The van der Waals surface area contributed by atoms with Gasteiger partial charge in [-0.05, 0) is 36.2 Å². The molecular formula is C15H14FN3O5S. The van der Waals surface area contributed by atoms with E-state index in [9.17, 15) is 27.2 Å². The van der Waals surface area contributed by atoms with Crippen molar-refractivity contribution in [3.8, 4) is 0 Å². The highest BCUT2D eigenvalue weighted by molar-refractivity contribution is 7.86. The van der Waals surface area contributed by atoms with Gasteiger partial charge in [0.25, 0.3) is 5.69 Å². The number of benzene rings is 2. The molecule has 0 bridgehead atoms. The molecule has 8 nitrogen and oxygen atoms in total. The Morgan fingerprint density at radius 1 is 1.20 bits per heavy atom. The monoisotopic (exact) mass is 367 g/mol. The van der Waals surface area contributed by atoms with Gasteiger partial charge in [-0.15, -0.1) is 3.89 Å². The molecule has 0 saturated heterocycles. The number of nitrogens with one attached hydrogen (secondary N) is 2. The molecule has 2 aromatic rings. The Morgan fingerprint density at radius 2 is 1.84 bits per heavy atom. The van der Waals surface area contributed by atoms with Gasteiger partial charge in [0.2, 0.25) is 0 Å². The zero-order valence-electron chi connectivity index (χ0n) is 13.0. The molecule has 0 fully saturated rings. The van der Waals surface area contributed by atoms with Crippen molar-refractivity contribution in [1.29, 1.82) is 0 Å². The van der Waals surface area contributed by atoms with E-state index in [1.54, 1.807) is 0 Å². The van der Waals surface area contributed by atoms with Gasteiger partial charge in [0.1, 0.15) is 0 Å². The van der Waals surface area contributed by atoms with E-state index in [2.05, 4.69) is 10.6 Å². The van der Waals surface area contributed by atoms with Gasteiger partial charge in [0.05, 0.1) is 9.82 Å². The number of urea groups is 1. The van der Waals surface area contributed by atoms with Crippen LogP contribution in [0.25, 0.3) is 0 Å². The molecule has 0 atom stereocenters. The summed E-state index contributed by atoms with van der Waals surface area (Å²) in [6.45, 7) is 1.67. The van der Waals surface area contributed by atoms with Crippen LogP contribution in [0.3, 0.4) is 0 Å². The lowest BCUT2D eigenvalue weighted by atomic mass is 10.2. The average Bonchev–Trinajstić information content (AvgIpc) is 2.54. The average molecular weight is 367 g/mol. The van der Waals surface area contributed by atoms with Gasteiger partial charge in [0.15, 0.2) is 0 Å². The zero-order chi connectivity index (χ0) is 18.6. The van der Waals surface area contributed by atoms with Crippen LogP contribution in [0.5, 0.6) is 0 Å². The van der Waals surface area contributed by atoms with Crippen LogP contribution in [0.2, 0.25) is 0 Å². The highest BCUT2D eigenvalue weighted by Gasteiger charge is 2.14. The molecule has 0 saturated carbocycles. The number of nitrogens with zero attached hydrogens (tertiary/aromatic N) is 1. The van der Waals surface area contributed by atoms with Gasteiger partial charge in [-0.2, -0.15) is 8.42 Å². The summed E-state index contributed by atoms with van der Waals surface area (Å²) in [5.74, 6) is 0. The first-order chi connectivity index (χ1) is 11.7. The SMILES string of the molecule is Cc1cc(S(=O)(=O)F)ccc1NC(=O)NCc1ccc([N+](=O)[O-])cc1. The third kappa shape index (κ3) is 4.98. The van der Waals surface area contributed by atoms with Gasteiger partial charge in [-0.1, -0.05) is 12.1 Å². The normalized spacial score (nSPS) is 11.0. The fourth-order valence-electron chi connectivity index (χ4n) is 2.01. The molecule has 0 aliphatic rings. The van der Waals surface area contributed by atoms with E-state index >= 15 is 0 Å². The van der Waals surface area contributed by atoms with Gasteiger partial charge >= 0.3 is 16.3 Å². The number of anilines is 1. The van der Waals surface area contributed by atoms with Crippen LogP contribution >= 0.6 is 0 Å². The smallest absolute Gasteiger partial charge is 0.332 e. The molecule has 0 aromatic heterocycles. The molecule has 0 aliphatic heterocycles. The van der Waals surface area contributed by atoms with Gasteiger partial charge in [0, 0.05) is 24.4 Å². The van der Waals surface area contributed by atoms with E-state index < -0.39 is 26.1 Å². The highest BCUT2D eigenvalue weighted by atomic mass is 32.3. The van der Waals surface area contributed by atoms with E-state index in [1.165, 1.54) is 37.3 Å². The lowest BCUT2D eigenvalue weighted by Gasteiger charge is -2.10. The lowest BCUT2D eigenvalue weighted by molar-refractivity contribution is -0.384. The van der Waals surface area contributed by atoms with E-state index in [0.717, 1.165) is 12.1 Å². The molecule has 2 rings (SSSR count). The number of carbonyl (C=O) groups excluding carboxylic acids is 1. The van der Waals surface area contributed by atoms with E-state index in [4.69, 9.17) is 0 Å². The lowest BCUT2D eigenvalue weighted by Crippen LogP contribution is -2.28. The van der Waals surface area contributed by atoms with Gasteiger partial charge < -0.3 is 10.6 Å². The molecule has 0 aliphatic carbocycles. The second-order valence-corrected chi connectivity index (χ2v) is 6.49. The molecule has 0 heterocycles. The third-order valence-electron chi connectivity index (χ3n) is 3.33. The number of rotatable bonds is 5. The molecular weight excluding hydrogens is 353 g/mol. The number of aryl methyl sites for hydroxylation is 1. The van der Waals surface area contributed by atoms with Crippen molar-refractivity contribution < 1.29 is 22.0 Å². The fraction of sp³-hybridized carbons (Fsp3) is 0.133. The number of hydrogen-bond acceptors (Lipinski definition) is 5. The summed E-state index contributed by atoms with van der Waals surface area (Å²) in [6, 6.07) is 8.58. The number of non-ortho nitro benzene ring substituents is 1. The zero-order valence-corrected chi connectivity index (χ0v) is 13.8. The third-order valence-corrected chi connectivity index (χ3v) is 4.14. The minimum Gasteiger partial charge on any atom is -0.334 e. The molecule has 2 amide bonds. The Balaban J connectivity index is 1.97. The molecule has 2 aromatic carbocycles. The first kappa shape index (κ1) is 18.3. The van der Waals surface area contributed by atoms with Gasteiger partial charge in [-0.25, -0.2) is 4.79 Å². The van der Waals surface area contributed by atoms with Crippen molar-refractivity contribution in [2.24, 2.45) is 0 Å². The van der Waals surface area contributed by atoms with Crippen molar-refractivity contribution in [3.63, 3.8) is 0 Å². The predicted octanol–water partition coefficient (Wildman–Crippen LogP) is 2.88. The van der Waals surface area contributed by atoms with E-state index in [0.29, 0.717) is 16.8 Å². The quantitative estimate of drug-likeness (QED) is 0.478. The maximum absolute atomic E-state index is 12.9. The number of nitro benzene ring substituents is 1. The minimum atomic E-state index is -4.80. The molecule has 0 spiro atoms. The summed E-state index contributed by atoms with van der Waals surface area (Å²) in [5, 5.41) is 15.6. The largest absolute Gasteiger partial charge is 0.334 e. The topological polar surface area (TPSA) is 118 Å². The first-order valence-electron chi connectivity index (χ1n) is 7.00. The molecule has 10 heteroatoms. The maximum atomic E-state index is 12.9. The Labute approximate surface area is 143 Å². The van der Waals surface area contributed by atoms with Gasteiger partial charge in [-0.3, -0.25) is 10.1 Å². The van der Waals surface area contributed by atoms with Crippen LogP contribution in [0.15, 0.2) is 47.4 Å². The molecule has 0 unspecified atom stereocenters. The predicted molar refractivity (Wildman–Crippen MR) is 88.4 cm³/mol. The van der Waals surface area contributed by atoms with Crippen LogP contribution in [0.4, 0.5) is 20.1 Å². The number of nitro groups is 1. The Morgan fingerprint density at radius 3 is 2.36 bits per heavy atom. The standard InChI is InChI=1S/C15H14FN3O5S/c1-10-8-13(25(16,23)24)6-7-14(10)18-15(20)17-9-11-2-4-12(5-3-11)19(21)22/h2-8H,9H2,1H3,(H2,17,18,20). The summed E-state index contributed by atoms with van der Waals surface area (Å²) < 4.78 is 34.6. The summed E-state index contributed by atoms with van der Waals surface area (Å²) in [6.07, 6.45) is 0. The summed E-state index contributed by atoms with van der Waals surface area (Å²) in [7, 11) is -4.80. The molecule has 25 heavy (non-hydrogen) atoms. The number of carbonyl (C=O) groups is 1. The highest BCUT2D eigenvalue weighted by Crippen LogP contribution is 2.21. The van der Waals surface area contributed by atoms with Crippen LogP contribution in [-0.2, 0) is 16.8 Å². The van der Waals surface area contributed by atoms with Crippen molar-refractivity contribution >= 4 is 27.6 Å². The van der Waals surface area contributed by atoms with Crippen LogP contribution in [0.1, 0.15) is 11.1 Å². The Kier molecular flexibility index (Phi) is 5.32. The second kappa shape index (κ2) is 7.26. The Hall–Kier alpha value is -3.01. The summed E-state index contributed by atoms with van der Waals surface area (Å²) in [4.78, 5) is 21.4. The van der Waals surface area contributed by atoms with E-state index in [-0.39, 0.29) is 12.2 Å². The van der Waals surface area contributed by atoms with Crippen LogP contribution < -0.4 is 10.6 Å². The maximum Gasteiger partial charge on any atom is 0.332 e. The molecule has 2 N–H and O–H groups in total. The van der Waals surface area contributed by atoms with Crippen molar-refractivity contribution in [2.75, 3.05) is 5.32 Å². The van der Waals surface area contributed by atoms with Crippen LogP contribution in [-0.4, -0.2) is 19.4 Å². The van der Waals surface area contributed by atoms with E-state index in [1.807, 2.05) is 0 Å². The number of hydrogen-bond donors (Lipinski definition) is 2. The van der Waals surface area contributed by atoms with Crippen molar-refractivity contribution in [2.45, 2.75) is 18.4 Å². The van der Waals surface area contributed by atoms with Crippen molar-refractivity contribution in [1.82, 2.24) is 5.32 Å². The molecule has 132 valence electrons. The Bertz CT molecular complexity index is 913.